The molecule has 0 saturated heterocycles. The van der Waals surface area contributed by atoms with E-state index in [9.17, 15) is 8.42 Å². The number of hydrogen-bond acceptors (Lipinski definition) is 2. The van der Waals surface area contributed by atoms with Gasteiger partial charge >= 0.3 is 0 Å². The fourth-order valence-electron chi connectivity index (χ4n) is 2.54. The molecule has 2 rings (SSSR count). The highest BCUT2D eigenvalue weighted by Crippen LogP contribution is 2.33. The molecule has 0 aromatic carbocycles. The Morgan fingerprint density at radius 2 is 1.69 bits per heavy atom. The van der Waals surface area contributed by atoms with Crippen LogP contribution in [-0.4, -0.2) is 30.0 Å². The monoisotopic (exact) mass is 309 g/mol. The van der Waals surface area contributed by atoms with Gasteiger partial charge in [0.2, 0.25) is 10.0 Å². The van der Waals surface area contributed by atoms with Gasteiger partial charge < -0.3 is 0 Å². The van der Waals surface area contributed by atoms with Crippen LogP contribution in [0.15, 0.2) is 0 Å². The fraction of sp³-hybridized carbons (Fsp3) is 1.00. The van der Waals surface area contributed by atoms with Gasteiger partial charge in [0.1, 0.15) is 4.66 Å². The third-order valence-corrected chi connectivity index (χ3v) is 6.79. The van der Waals surface area contributed by atoms with Crippen molar-refractivity contribution < 1.29 is 8.42 Å². The van der Waals surface area contributed by atoms with Crippen molar-refractivity contribution in [3.8, 4) is 0 Å². The first-order valence-electron chi connectivity index (χ1n) is 6.19. The Morgan fingerprint density at radius 1 is 1.06 bits per heavy atom. The summed E-state index contributed by atoms with van der Waals surface area (Å²) in [6, 6.07) is 0.310. The van der Waals surface area contributed by atoms with Crippen molar-refractivity contribution in [2.45, 2.75) is 51.0 Å². The first kappa shape index (κ1) is 12.8. The van der Waals surface area contributed by atoms with Crippen LogP contribution in [0.1, 0.15) is 44.9 Å². The molecule has 0 radical (unpaired) electrons. The molecule has 2 aliphatic carbocycles. The second-order valence-electron chi connectivity index (χ2n) is 5.03. The summed E-state index contributed by atoms with van der Waals surface area (Å²) in [7, 11) is -3.05. The van der Waals surface area contributed by atoms with Gasteiger partial charge in [-0.3, -0.25) is 0 Å². The van der Waals surface area contributed by atoms with Crippen LogP contribution < -0.4 is 0 Å². The van der Waals surface area contributed by atoms with Gasteiger partial charge in [-0.15, -0.1) is 0 Å². The maximum atomic E-state index is 11.9. The average molecular weight is 310 g/mol. The van der Waals surface area contributed by atoms with Crippen LogP contribution in [-0.2, 0) is 10.0 Å². The first-order valence-corrected chi connectivity index (χ1v) is 8.92. The van der Waals surface area contributed by atoms with Gasteiger partial charge in [0.15, 0.2) is 0 Å². The Balaban J connectivity index is 1.97. The molecule has 3 nitrogen and oxygen atoms in total. The second kappa shape index (κ2) is 5.36. The van der Waals surface area contributed by atoms with Gasteiger partial charge in [-0.25, -0.2) is 8.42 Å². The van der Waals surface area contributed by atoms with E-state index in [0.29, 0.717) is 12.0 Å². The molecule has 0 aromatic heterocycles. The molecule has 2 fully saturated rings. The number of hydrogen-bond donors (Lipinski definition) is 0. The van der Waals surface area contributed by atoms with Crippen LogP contribution in [0.5, 0.6) is 0 Å². The van der Waals surface area contributed by atoms with Crippen LogP contribution in [0.25, 0.3) is 0 Å². The normalized spacial score (nSPS) is 23.9. The Hall–Kier alpha value is 0.390. The molecule has 0 atom stereocenters. The van der Waals surface area contributed by atoms with E-state index in [-0.39, 0.29) is 4.66 Å². The van der Waals surface area contributed by atoms with Crippen LogP contribution in [0, 0.1) is 5.92 Å². The molecule has 2 saturated carbocycles. The van der Waals surface area contributed by atoms with Crippen molar-refractivity contribution in [3.05, 3.63) is 0 Å². The predicted molar refractivity (Wildman–Crippen MR) is 69.0 cm³/mol. The number of rotatable bonds is 5. The van der Waals surface area contributed by atoms with Crippen LogP contribution in [0.3, 0.4) is 0 Å². The smallest absolute Gasteiger partial charge is 0.211 e. The summed E-state index contributed by atoms with van der Waals surface area (Å²) in [6.45, 7) is 0.763. The summed E-state index contributed by atoms with van der Waals surface area (Å²) < 4.78 is 25.7. The van der Waals surface area contributed by atoms with Gasteiger partial charge in [-0.1, -0.05) is 35.2 Å². The van der Waals surface area contributed by atoms with E-state index in [4.69, 9.17) is 0 Å². The van der Waals surface area contributed by atoms with E-state index in [0.717, 1.165) is 19.4 Å². The van der Waals surface area contributed by atoms with E-state index >= 15 is 0 Å². The van der Waals surface area contributed by atoms with Crippen LogP contribution in [0.2, 0.25) is 0 Å². The van der Waals surface area contributed by atoms with E-state index in [1.165, 1.54) is 32.1 Å². The lowest BCUT2D eigenvalue weighted by molar-refractivity contribution is 0.275. The van der Waals surface area contributed by atoms with Gasteiger partial charge in [-0.2, -0.15) is 4.31 Å². The highest BCUT2D eigenvalue weighted by molar-refractivity contribution is 9.10. The molecule has 0 amide bonds. The summed E-state index contributed by atoms with van der Waals surface area (Å²) >= 11 is 3.10. The summed E-state index contributed by atoms with van der Waals surface area (Å²) in [4.78, 5) is 0. The minimum Gasteiger partial charge on any atom is -0.211 e. The van der Waals surface area contributed by atoms with Crippen molar-refractivity contribution in [1.82, 2.24) is 4.31 Å². The molecule has 0 aromatic rings. The SMILES string of the molecule is O=S(=O)(CBr)N(CC1CCCCC1)C1CC1. The molecular weight excluding hydrogens is 290 g/mol. The third-order valence-electron chi connectivity index (χ3n) is 3.61. The lowest BCUT2D eigenvalue weighted by Crippen LogP contribution is -2.38. The third kappa shape index (κ3) is 3.20. The van der Waals surface area contributed by atoms with E-state index < -0.39 is 10.0 Å². The number of sulfonamides is 1. The molecule has 5 heteroatoms. The van der Waals surface area contributed by atoms with E-state index in [2.05, 4.69) is 15.9 Å². The molecular formula is C11H20BrNO2S. The summed E-state index contributed by atoms with van der Waals surface area (Å²) in [6.07, 6.45) is 8.40. The van der Waals surface area contributed by atoms with Gasteiger partial charge in [0.25, 0.3) is 0 Å². The Kier molecular flexibility index (Phi) is 4.30. The molecule has 16 heavy (non-hydrogen) atoms. The summed E-state index contributed by atoms with van der Waals surface area (Å²) in [5.41, 5.74) is 0. The van der Waals surface area contributed by atoms with Crippen molar-refractivity contribution >= 4 is 26.0 Å². The first-order chi connectivity index (χ1) is 7.63. The maximum absolute atomic E-state index is 11.9. The molecule has 0 unspecified atom stereocenters. The molecule has 2 aliphatic rings. The minimum absolute atomic E-state index is 0.0726. The van der Waals surface area contributed by atoms with E-state index in [1.54, 1.807) is 4.31 Å². The molecule has 0 aliphatic heterocycles. The predicted octanol–water partition coefficient (Wildman–Crippen LogP) is 2.71. The molecule has 94 valence electrons. The van der Waals surface area contributed by atoms with E-state index in [1.807, 2.05) is 0 Å². The average Bonchev–Trinajstić information content (AvgIpc) is 3.11. The lowest BCUT2D eigenvalue weighted by Gasteiger charge is -2.28. The van der Waals surface area contributed by atoms with Crippen molar-refractivity contribution in [3.63, 3.8) is 0 Å². The molecule has 0 bridgehead atoms. The van der Waals surface area contributed by atoms with Gasteiger partial charge in [-0.05, 0) is 31.6 Å². The zero-order chi connectivity index (χ0) is 11.6. The van der Waals surface area contributed by atoms with Crippen LogP contribution in [0.4, 0.5) is 0 Å². The maximum Gasteiger partial charge on any atom is 0.224 e. The zero-order valence-electron chi connectivity index (χ0n) is 9.57. The van der Waals surface area contributed by atoms with Crippen molar-refractivity contribution in [2.75, 3.05) is 11.2 Å². The molecule has 0 spiro atoms. The standard InChI is InChI=1S/C11H20BrNO2S/c12-9-16(14,15)13(11-6-7-11)8-10-4-2-1-3-5-10/h10-11H,1-9H2. The molecule has 0 N–H and O–H groups in total. The zero-order valence-corrected chi connectivity index (χ0v) is 12.0. The van der Waals surface area contributed by atoms with Gasteiger partial charge in [0, 0.05) is 12.6 Å². The van der Waals surface area contributed by atoms with Crippen LogP contribution >= 0.6 is 15.9 Å². The fourth-order valence-corrected chi connectivity index (χ4v) is 4.56. The minimum atomic E-state index is -3.05. The quantitative estimate of drug-likeness (QED) is 0.732. The highest BCUT2D eigenvalue weighted by Gasteiger charge is 2.37. The number of alkyl halides is 1. The lowest BCUT2D eigenvalue weighted by atomic mass is 9.89. The topological polar surface area (TPSA) is 37.4 Å². The second-order valence-corrected chi connectivity index (χ2v) is 8.25. The Bertz CT molecular complexity index is 321. The number of nitrogens with zero attached hydrogens (tertiary/aromatic N) is 1. The highest BCUT2D eigenvalue weighted by atomic mass is 79.9. The largest absolute Gasteiger partial charge is 0.224 e. The summed E-state index contributed by atoms with van der Waals surface area (Å²) in [5, 5.41) is 0. The Labute approximate surface area is 107 Å². The summed E-state index contributed by atoms with van der Waals surface area (Å²) in [5.74, 6) is 0.600. The van der Waals surface area contributed by atoms with Crippen molar-refractivity contribution in [2.24, 2.45) is 5.92 Å². The molecule has 0 heterocycles. The van der Waals surface area contributed by atoms with Gasteiger partial charge in [0.05, 0.1) is 0 Å². The number of halogens is 1. The van der Waals surface area contributed by atoms with Crippen molar-refractivity contribution in [1.29, 1.82) is 0 Å². The Morgan fingerprint density at radius 3 is 2.19 bits per heavy atom.